The lowest BCUT2D eigenvalue weighted by Gasteiger charge is -2.27. The topological polar surface area (TPSA) is 0 Å². The Morgan fingerprint density at radius 1 is 0.475 bits per heavy atom. The van der Waals surface area contributed by atoms with Crippen LogP contribution in [0.2, 0.25) is 0 Å². The number of rotatable bonds is 6. The third-order valence-corrected chi connectivity index (χ3v) is 12.0. The Labute approximate surface area is 243 Å². The Morgan fingerprint density at radius 2 is 1.00 bits per heavy atom. The number of fused-ring (bicyclic) bond motifs is 2. The predicted octanol–water partition coefficient (Wildman–Crippen LogP) is 9.84. The molecule has 40 heavy (non-hydrogen) atoms. The van der Waals surface area contributed by atoms with Gasteiger partial charge in [0, 0.05) is 15.7 Å². The van der Waals surface area contributed by atoms with Gasteiger partial charge >= 0.3 is 0 Å². The summed E-state index contributed by atoms with van der Waals surface area (Å²) in [5.74, 6) is 0. The minimum absolute atomic E-state index is 0.692. The molecule has 1 aliphatic carbocycles. The fourth-order valence-electron chi connectivity index (χ4n) is 6.26. The Hall–Kier alpha value is -3.38. The molecule has 1 saturated carbocycles. The molecule has 6 aromatic rings. The second-order valence-electron chi connectivity index (χ2n) is 10.7. The Bertz CT molecular complexity index is 1710. The second-order valence-corrected chi connectivity index (χ2v) is 14.3. The van der Waals surface area contributed by atoms with E-state index >= 15 is 0 Å². The Balaban J connectivity index is 1.56. The van der Waals surface area contributed by atoms with Crippen LogP contribution in [0.3, 0.4) is 0 Å². The minimum atomic E-state index is -0.760. The van der Waals surface area contributed by atoms with Crippen molar-refractivity contribution in [3.05, 3.63) is 133 Å². The second kappa shape index (κ2) is 11.6. The molecule has 1 fully saturated rings. The molecule has 0 spiro atoms. The van der Waals surface area contributed by atoms with Crippen LogP contribution in [-0.4, -0.2) is 5.25 Å². The molecule has 1 aliphatic rings. The zero-order chi connectivity index (χ0) is 26.7. The van der Waals surface area contributed by atoms with Crippen molar-refractivity contribution in [1.29, 1.82) is 0 Å². The van der Waals surface area contributed by atoms with Crippen LogP contribution in [0.4, 0.5) is 0 Å². The predicted molar refractivity (Wildman–Crippen MR) is 178 cm³/mol. The zero-order valence-corrected chi connectivity index (χ0v) is 24.4. The molecular weight excluding hydrogens is 519 g/mol. The summed E-state index contributed by atoms with van der Waals surface area (Å²) in [5, 5.41) is 10.2. The van der Waals surface area contributed by atoms with E-state index in [-0.39, 0.29) is 0 Å². The Kier molecular flexibility index (Phi) is 7.43. The summed E-state index contributed by atoms with van der Waals surface area (Å²) >= 11 is 2.13. The zero-order valence-electron chi connectivity index (χ0n) is 22.7. The molecule has 0 aliphatic heterocycles. The third kappa shape index (κ3) is 4.98. The van der Waals surface area contributed by atoms with E-state index in [1.165, 1.54) is 85.6 Å². The molecule has 6 aromatic carbocycles. The van der Waals surface area contributed by atoms with E-state index in [4.69, 9.17) is 0 Å². The lowest BCUT2D eigenvalue weighted by molar-refractivity contribution is 0.516. The van der Waals surface area contributed by atoms with Gasteiger partial charge in [0.2, 0.25) is 0 Å². The minimum Gasteiger partial charge on any atom is -0.122 e. The van der Waals surface area contributed by atoms with Gasteiger partial charge in [0.05, 0.1) is 0 Å². The normalized spacial score (nSPS) is 14.2. The van der Waals surface area contributed by atoms with Gasteiger partial charge < -0.3 is 0 Å². The van der Waals surface area contributed by atoms with Gasteiger partial charge in [-0.3, -0.25) is 0 Å². The summed E-state index contributed by atoms with van der Waals surface area (Å²) in [6.07, 6.45) is 6.73. The molecule has 0 N–H and O–H groups in total. The summed E-state index contributed by atoms with van der Waals surface area (Å²) in [6, 6.07) is 49.8. The maximum Gasteiger partial charge on any atom is 0.0160 e. The lowest BCUT2D eigenvalue weighted by atomic mass is 9.93. The SMILES string of the molecule is c1ccc(P(c2ccccc2)c2ccc3ccccc3c2-c2c(SC3CCCCC3)ccc3ccccc23)cc1. The summed E-state index contributed by atoms with van der Waals surface area (Å²) in [7, 11) is -0.760. The van der Waals surface area contributed by atoms with Crippen molar-refractivity contribution in [2.24, 2.45) is 0 Å². The van der Waals surface area contributed by atoms with Gasteiger partial charge in [-0.25, -0.2) is 0 Å². The molecule has 0 atom stereocenters. The summed E-state index contributed by atoms with van der Waals surface area (Å²) in [4.78, 5) is 1.43. The standard InChI is InChI=1S/C38H33PS/c1-4-16-30(17-5-1)39(31-18-6-2-7-19-31)35-26-24-28-14-10-12-22-33(28)37(35)38-34-23-13-11-15-29(34)25-27-36(38)40-32-20-8-3-9-21-32/h1-2,4-7,10-19,22-27,32H,3,8-9,20-21H2. The van der Waals surface area contributed by atoms with Crippen molar-refractivity contribution in [2.75, 3.05) is 0 Å². The molecule has 0 nitrogen and oxygen atoms in total. The number of benzene rings is 6. The maximum absolute atomic E-state index is 2.43. The van der Waals surface area contributed by atoms with E-state index in [0.29, 0.717) is 5.25 Å². The highest BCUT2D eigenvalue weighted by atomic mass is 32.2. The first-order valence-electron chi connectivity index (χ1n) is 14.5. The Morgan fingerprint density at radius 3 is 1.62 bits per heavy atom. The molecule has 196 valence electrons. The van der Waals surface area contributed by atoms with E-state index in [1.807, 2.05) is 0 Å². The van der Waals surface area contributed by atoms with Gasteiger partial charge in [0.15, 0.2) is 0 Å². The van der Waals surface area contributed by atoms with Gasteiger partial charge in [-0.2, -0.15) is 0 Å². The van der Waals surface area contributed by atoms with E-state index in [2.05, 4.69) is 145 Å². The van der Waals surface area contributed by atoms with Crippen LogP contribution in [0.25, 0.3) is 32.7 Å². The highest BCUT2D eigenvalue weighted by molar-refractivity contribution is 8.00. The van der Waals surface area contributed by atoms with Crippen molar-refractivity contribution < 1.29 is 0 Å². The first-order chi connectivity index (χ1) is 19.9. The first-order valence-corrected chi connectivity index (χ1v) is 16.7. The molecule has 0 heterocycles. The molecule has 0 aromatic heterocycles. The van der Waals surface area contributed by atoms with Gasteiger partial charge in [0.1, 0.15) is 0 Å². The molecule has 7 rings (SSSR count). The molecule has 0 saturated heterocycles. The molecule has 0 radical (unpaired) electrons. The van der Waals surface area contributed by atoms with Crippen molar-refractivity contribution >= 4 is 57.1 Å². The molecule has 0 amide bonds. The van der Waals surface area contributed by atoms with Crippen LogP contribution >= 0.6 is 19.7 Å². The summed E-state index contributed by atoms with van der Waals surface area (Å²) in [5.41, 5.74) is 2.83. The first kappa shape index (κ1) is 25.6. The van der Waals surface area contributed by atoms with Crippen LogP contribution in [-0.2, 0) is 0 Å². The quantitative estimate of drug-likeness (QED) is 0.185. The number of thioether (sulfide) groups is 1. The van der Waals surface area contributed by atoms with Crippen molar-refractivity contribution in [3.8, 4) is 11.1 Å². The van der Waals surface area contributed by atoms with Crippen LogP contribution in [0, 0.1) is 0 Å². The molecule has 2 heteroatoms. The van der Waals surface area contributed by atoms with Gasteiger partial charge in [-0.15, -0.1) is 11.8 Å². The number of hydrogen-bond donors (Lipinski definition) is 0. The number of hydrogen-bond acceptors (Lipinski definition) is 1. The average molecular weight is 553 g/mol. The summed E-state index contributed by atoms with van der Waals surface area (Å²) < 4.78 is 0. The lowest BCUT2D eigenvalue weighted by Crippen LogP contribution is -2.22. The van der Waals surface area contributed by atoms with Gasteiger partial charge in [-0.05, 0) is 69.9 Å². The van der Waals surface area contributed by atoms with Gasteiger partial charge in [-0.1, -0.05) is 147 Å². The maximum atomic E-state index is 2.43. The molecule has 0 unspecified atom stereocenters. The molecule has 0 bridgehead atoms. The van der Waals surface area contributed by atoms with Crippen molar-refractivity contribution in [1.82, 2.24) is 0 Å². The van der Waals surface area contributed by atoms with E-state index < -0.39 is 7.92 Å². The van der Waals surface area contributed by atoms with E-state index in [9.17, 15) is 0 Å². The monoisotopic (exact) mass is 552 g/mol. The molecular formula is C38H33PS. The van der Waals surface area contributed by atoms with Crippen LogP contribution in [0.5, 0.6) is 0 Å². The third-order valence-electron chi connectivity index (χ3n) is 8.16. The van der Waals surface area contributed by atoms with E-state index in [0.717, 1.165) is 0 Å². The fraction of sp³-hybridized carbons (Fsp3) is 0.158. The van der Waals surface area contributed by atoms with Gasteiger partial charge in [0.25, 0.3) is 0 Å². The highest BCUT2D eigenvalue weighted by Gasteiger charge is 2.26. The fourth-order valence-corrected chi connectivity index (χ4v) is 10.1. The largest absolute Gasteiger partial charge is 0.122 e. The van der Waals surface area contributed by atoms with Crippen LogP contribution in [0.1, 0.15) is 32.1 Å². The van der Waals surface area contributed by atoms with Crippen molar-refractivity contribution in [3.63, 3.8) is 0 Å². The summed E-state index contributed by atoms with van der Waals surface area (Å²) in [6.45, 7) is 0. The van der Waals surface area contributed by atoms with Crippen LogP contribution < -0.4 is 15.9 Å². The average Bonchev–Trinajstić information content (AvgIpc) is 3.03. The van der Waals surface area contributed by atoms with Crippen LogP contribution in [0.15, 0.2) is 138 Å². The van der Waals surface area contributed by atoms with Crippen molar-refractivity contribution in [2.45, 2.75) is 42.2 Å². The van der Waals surface area contributed by atoms with E-state index in [1.54, 1.807) is 0 Å². The smallest absolute Gasteiger partial charge is 0.0160 e. The highest BCUT2D eigenvalue weighted by Crippen LogP contribution is 2.47.